The Morgan fingerprint density at radius 3 is 2.70 bits per heavy atom. The van der Waals surface area contributed by atoms with E-state index in [9.17, 15) is 4.79 Å². The quantitative estimate of drug-likeness (QED) is 0.300. The molecule has 0 aliphatic rings. The maximum atomic E-state index is 12.3. The number of carbonyl (C=O) groups excluding carboxylic acids is 1. The number of ether oxygens (including phenoxy) is 1. The minimum Gasteiger partial charge on any atom is -0.462 e. The highest BCUT2D eigenvalue weighted by Gasteiger charge is 2.22. The fourth-order valence-electron chi connectivity index (χ4n) is 2.21. The Hall–Kier alpha value is -2.04. The van der Waals surface area contributed by atoms with Crippen LogP contribution in [0.5, 0.6) is 0 Å². The van der Waals surface area contributed by atoms with Gasteiger partial charge in [-0.3, -0.25) is 0 Å². The molecule has 0 saturated carbocycles. The third kappa shape index (κ3) is 4.45. The lowest BCUT2D eigenvalue weighted by molar-refractivity contribution is 0.0526. The van der Waals surface area contributed by atoms with Gasteiger partial charge in [-0.1, -0.05) is 51.2 Å². The van der Waals surface area contributed by atoms with Crippen molar-refractivity contribution in [2.45, 2.75) is 12.1 Å². The van der Waals surface area contributed by atoms with Crippen LogP contribution in [0.25, 0.3) is 10.6 Å². The molecule has 0 unspecified atom stereocenters. The van der Waals surface area contributed by atoms with Crippen LogP contribution in [0.4, 0.5) is 10.9 Å². The van der Waals surface area contributed by atoms with Gasteiger partial charge in [0.15, 0.2) is 11.0 Å². The molecule has 0 aliphatic carbocycles. The Bertz CT molecular complexity index is 949. The molecule has 10 heteroatoms. The molecule has 3 rings (SSSR count). The van der Waals surface area contributed by atoms with Crippen molar-refractivity contribution in [3.05, 3.63) is 40.5 Å². The van der Waals surface area contributed by atoms with E-state index in [0.29, 0.717) is 16.1 Å². The van der Waals surface area contributed by atoms with Crippen LogP contribution in [0.3, 0.4) is 0 Å². The number of rotatable bonds is 6. The standard InChI is InChI=1S/C17H16BrN5O2S2/c1-4-25-15(24)12-9-19-16(26-3)20-13(12)23(2)17-22-21-14(27-17)10-5-7-11(18)8-6-10/h5-9H,4H2,1-3H3. The second-order valence-corrected chi connectivity index (χ2v) is 7.92. The zero-order valence-electron chi connectivity index (χ0n) is 14.8. The lowest BCUT2D eigenvalue weighted by atomic mass is 10.2. The van der Waals surface area contributed by atoms with E-state index in [-0.39, 0.29) is 12.2 Å². The van der Waals surface area contributed by atoms with Crippen LogP contribution in [0.2, 0.25) is 0 Å². The van der Waals surface area contributed by atoms with E-state index in [1.165, 1.54) is 29.3 Å². The first-order valence-electron chi connectivity index (χ1n) is 7.94. The van der Waals surface area contributed by atoms with Crippen molar-refractivity contribution < 1.29 is 9.53 Å². The first kappa shape index (κ1) is 19.7. The molecule has 0 spiro atoms. The molecule has 2 heterocycles. The summed E-state index contributed by atoms with van der Waals surface area (Å²) in [4.78, 5) is 22.7. The zero-order valence-corrected chi connectivity index (χ0v) is 18.1. The van der Waals surface area contributed by atoms with Gasteiger partial charge in [0.2, 0.25) is 5.13 Å². The summed E-state index contributed by atoms with van der Waals surface area (Å²) in [7, 11) is 1.79. The third-order valence-corrected chi connectivity index (χ3v) is 5.67. The minimum absolute atomic E-state index is 0.277. The van der Waals surface area contributed by atoms with Crippen molar-refractivity contribution in [1.29, 1.82) is 0 Å². The normalized spacial score (nSPS) is 10.7. The fourth-order valence-corrected chi connectivity index (χ4v) is 3.63. The first-order valence-corrected chi connectivity index (χ1v) is 10.8. The second-order valence-electron chi connectivity index (χ2n) is 5.27. The number of anilines is 2. The molecule has 3 aromatic rings. The topological polar surface area (TPSA) is 81.1 Å². The van der Waals surface area contributed by atoms with Crippen molar-refractivity contribution >= 4 is 55.9 Å². The number of benzene rings is 1. The SMILES string of the molecule is CCOC(=O)c1cnc(SC)nc1N(C)c1nnc(-c2ccc(Br)cc2)s1. The number of carbonyl (C=O) groups is 1. The molecule has 140 valence electrons. The molecular formula is C17H16BrN5O2S2. The molecule has 0 aliphatic heterocycles. The van der Waals surface area contributed by atoms with Crippen molar-refractivity contribution in [3.8, 4) is 10.6 Å². The maximum Gasteiger partial charge on any atom is 0.343 e. The van der Waals surface area contributed by atoms with Gasteiger partial charge in [-0.05, 0) is 25.3 Å². The van der Waals surface area contributed by atoms with Gasteiger partial charge in [0.05, 0.1) is 6.61 Å². The predicted molar refractivity (Wildman–Crippen MR) is 111 cm³/mol. The van der Waals surface area contributed by atoms with E-state index in [1.54, 1.807) is 18.9 Å². The Balaban J connectivity index is 1.96. The maximum absolute atomic E-state index is 12.3. The van der Waals surface area contributed by atoms with Crippen LogP contribution in [0.1, 0.15) is 17.3 Å². The highest BCUT2D eigenvalue weighted by atomic mass is 79.9. The summed E-state index contributed by atoms with van der Waals surface area (Å²) in [5.41, 5.74) is 1.26. The first-order chi connectivity index (χ1) is 13.0. The van der Waals surface area contributed by atoms with E-state index < -0.39 is 5.97 Å². The lowest BCUT2D eigenvalue weighted by Gasteiger charge is -2.17. The van der Waals surface area contributed by atoms with Crippen LogP contribution in [0.15, 0.2) is 40.1 Å². The largest absolute Gasteiger partial charge is 0.462 e. The molecule has 1 aromatic carbocycles. The number of aromatic nitrogens is 4. The van der Waals surface area contributed by atoms with Crippen molar-refractivity contribution in [2.24, 2.45) is 0 Å². The highest BCUT2D eigenvalue weighted by molar-refractivity contribution is 9.10. The van der Waals surface area contributed by atoms with E-state index in [4.69, 9.17) is 4.74 Å². The average Bonchev–Trinajstić information content (AvgIpc) is 3.17. The molecule has 0 amide bonds. The smallest absolute Gasteiger partial charge is 0.343 e. The Morgan fingerprint density at radius 2 is 2.04 bits per heavy atom. The summed E-state index contributed by atoms with van der Waals surface area (Å²) in [6.45, 7) is 2.03. The predicted octanol–water partition coefficient (Wildman–Crippen LogP) is 4.42. The van der Waals surface area contributed by atoms with E-state index >= 15 is 0 Å². The van der Waals surface area contributed by atoms with Crippen LogP contribution >= 0.6 is 39.0 Å². The highest BCUT2D eigenvalue weighted by Crippen LogP contribution is 2.33. The van der Waals surface area contributed by atoms with E-state index in [0.717, 1.165) is 15.0 Å². The molecule has 0 N–H and O–H groups in total. The van der Waals surface area contributed by atoms with Gasteiger partial charge in [-0.2, -0.15) is 0 Å². The molecule has 0 atom stereocenters. The van der Waals surface area contributed by atoms with Crippen LogP contribution in [-0.2, 0) is 4.74 Å². The van der Waals surface area contributed by atoms with Gasteiger partial charge in [-0.25, -0.2) is 14.8 Å². The van der Waals surface area contributed by atoms with Gasteiger partial charge in [-0.15, -0.1) is 10.2 Å². The van der Waals surface area contributed by atoms with Crippen LogP contribution < -0.4 is 4.90 Å². The van der Waals surface area contributed by atoms with Gasteiger partial charge >= 0.3 is 5.97 Å². The third-order valence-electron chi connectivity index (χ3n) is 3.53. The molecule has 0 saturated heterocycles. The fraction of sp³-hybridized carbons (Fsp3) is 0.235. The molecule has 7 nitrogen and oxygen atoms in total. The average molecular weight is 466 g/mol. The summed E-state index contributed by atoms with van der Waals surface area (Å²) < 4.78 is 6.12. The van der Waals surface area contributed by atoms with Gasteiger partial charge in [0, 0.05) is 23.3 Å². The molecule has 2 aromatic heterocycles. The number of hydrogen-bond acceptors (Lipinski definition) is 9. The van der Waals surface area contributed by atoms with Gasteiger partial charge in [0.1, 0.15) is 10.6 Å². The molecule has 27 heavy (non-hydrogen) atoms. The van der Waals surface area contributed by atoms with Gasteiger partial charge < -0.3 is 9.64 Å². The summed E-state index contributed by atoms with van der Waals surface area (Å²) in [5, 5.41) is 10.5. The van der Waals surface area contributed by atoms with Crippen LogP contribution in [-0.4, -0.2) is 46.0 Å². The van der Waals surface area contributed by atoms with Crippen molar-refractivity contribution in [2.75, 3.05) is 24.8 Å². The summed E-state index contributed by atoms with van der Waals surface area (Å²) >= 11 is 6.23. The lowest BCUT2D eigenvalue weighted by Crippen LogP contribution is -2.18. The van der Waals surface area contributed by atoms with Gasteiger partial charge in [0.25, 0.3) is 0 Å². The number of thioether (sulfide) groups is 1. The summed E-state index contributed by atoms with van der Waals surface area (Å²) in [6.07, 6.45) is 3.36. The van der Waals surface area contributed by atoms with E-state index in [2.05, 4.69) is 36.1 Å². The number of esters is 1. The second kappa shape index (κ2) is 8.77. The minimum atomic E-state index is -0.468. The molecule has 0 radical (unpaired) electrons. The zero-order chi connectivity index (χ0) is 19.4. The Labute approximate surface area is 173 Å². The molecule has 0 bridgehead atoms. The molecular weight excluding hydrogens is 450 g/mol. The number of nitrogens with zero attached hydrogens (tertiary/aromatic N) is 5. The summed E-state index contributed by atoms with van der Waals surface area (Å²) in [6, 6.07) is 7.84. The number of halogens is 1. The van der Waals surface area contributed by atoms with E-state index in [1.807, 2.05) is 30.5 Å². The van der Waals surface area contributed by atoms with Crippen molar-refractivity contribution in [1.82, 2.24) is 20.2 Å². The monoisotopic (exact) mass is 465 g/mol. The Morgan fingerprint density at radius 1 is 1.30 bits per heavy atom. The number of hydrogen-bond donors (Lipinski definition) is 0. The Kier molecular flexibility index (Phi) is 6.40. The van der Waals surface area contributed by atoms with Crippen LogP contribution in [0, 0.1) is 0 Å². The summed E-state index contributed by atoms with van der Waals surface area (Å²) in [5.74, 6) is -0.0315. The van der Waals surface area contributed by atoms with Crippen molar-refractivity contribution in [3.63, 3.8) is 0 Å². The molecule has 0 fully saturated rings.